The number of rotatable bonds is 28. The third-order valence-electron chi connectivity index (χ3n) is 7.05. The maximum Gasteiger partial charge on any atom is 0.311 e. The minimum atomic E-state index is -0.996. The summed E-state index contributed by atoms with van der Waals surface area (Å²) in [6.45, 7) is 5.13. The standard InChI is InChI=1S/C32H57NO9S.30CH4/c1-5-7-9-10-11-12-13-14-16-17-27(42-30(37)18-15-8-6-2)22-31(38)41-19-20-43-24-28(33-25(3)35)29(36)21-26(23-34)32(39)40-4;;;;;;;;;;;;;;;;;;;;;;;;;;;;;;/h26-28,34H,5-24H2,1-4H3,(H,33,35);30*1H4/t26-,27+,28-;;;;;;;;;;;;;;;;;;;;;;;;;;;;;;/m0............................../s1. The number of nitrogens with one attached hydrogen (secondary N) is 1. The van der Waals surface area contributed by atoms with Crippen LogP contribution in [0.3, 0.4) is 0 Å². The number of ketones is 1. The summed E-state index contributed by atoms with van der Waals surface area (Å²) in [5, 5.41) is 12.0. The van der Waals surface area contributed by atoms with E-state index in [4.69, 9.17) is 9.47 Å². The van der Waals surface area contributed by atoms with Crippen LogP contribution in [0.15, 0.2) is 0 Å². The molecule has 73 heavy (non-hydrogen) atoms. The first-order chi connectivity index (χ1) is 20.7. The van der Waals surface area contributed by atoms with Gasteiger partial charge in [-0.25, -0.2) is 0 Å². The van der Waals surface area contributed by atoms with E-state index < -0.39 is 48.3 Å². The maximum absolute atomic E-state index is 12.7. The highest BCUT2D eigenvalue weighted by atomic mass is 32.2. The van der Waals surface area contributed by atoms with Crippen molar-refractivity contribution in [1.82, 2.24) is 5.32 Å². The van der Waals surface area contributed by atoms with E-state index in [1.807, 2.05) is 0 Å². The van der Waals surface area contributed by atoms with Crippen LogP contribution in [0.1, 0.15) is 346 Å². The summed E-state index contributed by atoms with van der Waals surface area (Å²) in [7, 11) is 1.18. The maximum atomic E-state index is 12.7. The average Bonchev–Trinajstić information content (AvgIpc) is 2.97. The highest BCUT2D eigenvalue weighted by Crippen LogP contribution is 2.17. The van der Waals surface area contributed by atoms with E-state index in [1.165, 1.54) is 64.3 Å². The Labute approximate surface area is 484 Å². The molecule has 0 saturated heterocycles. The smallest absolute Gasteiger partial charge is 0.311 e. The number of aliphatic hydroxyl groups is 1. The van der Waals surface area contributed by atoms with Crippen molar-refractivity contribution in [2.24, 2.45) is 5.92 Å². The molecule has 1 amide bonds. The fourth-order valence-electron chi connectivity index (χ4n) is 4.54. The van der Waals surface area contributed by atoms with Crippen molar-refractivity contribution >= 4 is 41.4 Å². The zero-order valence-electron chi connectivity index (χ0n) is 27.0. The topological polar surface area (TPSA) is 145 Å². The number of unbranched alkanes of at least 4 members (excludes halogenated alkanes) is 10. The van der Waals surface area contributed by atoms with Crippen molar-refractivity contribution in [3.8, 4) is 0 Å². The van der Waals surface area contributed by atoms with Gasteiger partial charge in [0.15, 0.2) is 5.78 Å². The van der Waals surface area contributed by atoms with Gasteiger partial charge in [0.1, 0.15) is 12.7 Å². The quantitative estimate of drug-likeness (QED) is 0.0441. The molecule has 3 atom stereocenters. The number of carbonyl (C=O) groups excluding carboxylic acids is 5. The van der Waals surface area contributed by atoms with Gasteiger partial charge in [0.25, 0.3) is 0 Å². The molecule has 0 radical (unpaired) electrons. The molecular weight excluding hydrogens is 935 g/mol. The summed E-state index contributed by atoms with van der Waals surface area (Å²) < 4.78 is 15.6. The number of Topliss-reactive ketones (excluding diaryl/α,β-unsaturated/α-hetero) is 1. The van der Waals surface area contributed by atoms with Crippen molar-refractivity contribution in [3.05, 3.63) is 0 Å². The Bertz CT molecular complexity index is 802. The molecule has 0 fully saturated rings. The van der Waals surface area contributed by atoms with Crippen LogP contribution < -0.4 is 5.32 Å². The first-order valence-corrected chi connectivity index (χ1v) is 17.2. The number of thioether (sulfide) groups is 1. The first kappa shape index (κ1) is 218. The van der Waals surface area contributed by atoms with Gasteiger partial charge >= 0.3 is 17.9 Å². The molecule has 0 aliphatic carbocycles. The predicted octanol–water partition coefficient (Wildman–Crippen LogP) is 24.4. The number of amides is 1. The Hall–Kier alpha value is -2.14. The van der Waals surface area contributed by atoms with Gasteiger partial charge in [0.2, 0.25) is 5.91 Å². The molecule has 0 aliphatic rings. The molecule has 0 unspecified atom stereocenters. The van der Waals surface area contributed by atoms with Crippen LogP contribution in [0.2, 0.25) is 0 Å². The minimum Gasteiger partial charge on any atom is -0.469 e. The third-order valence-corrected chi connectivity index (χ3v) is 8.07. The lowest BCUT2D eigenvalue weighted by atomic mass is 10.00. The molecule has 0 spiro atoms. The van der Waals surface area contributed by atoms with Crippen LogP contribution in [0.5, 0.6) is 0 Å². The summed E-state index contributed by atoms with van der Waals surface area (Å²) in [4.78, 5) is 60.8. The molecule has 0 bridgehead atoms. The molecule has 0 heterocycles. The molecule has 0 aliphatic heterocycles. The number of hydrogen-bond donors (Lipinski definition) is 2. The average molecular weight is 1110 g/mol. The Kier molecular flexibility index (Phi) is 450. The van der Waals surface area contributed by atoms with Gasteiger partial charge in [-0.1, -0.05) is 301 Å². The first-order valence-electron chi connectivity index (χ1n) is 16.1. The molecule has 2 N–H and O–H groups in total. The number of carbonyl (C=O) groups is 5. The van der Waals surface area contributed by atoms with Crippen molar-refractivity contribution in [2.75, 3.05) is 31.8 Å². The molecule has 0 rings (SSSR count). The highest BCUT2D eigenvalue weighted by Gasteiger charge is 2.27. The lowest BCUT2D eigenvalue weighted by molar-refractivity contribution is -0.155. The van der Waals surface area contributed by atoms with Crippen LogP contribution in [0.4, 0.5) is 0 Å². The molecule has 0 aromatic carbocycles. The third kappa shape index (κ3) is 129. The predicted molar refractivity (Wildman–Crippen MR) is 371 cm³/mol. The second kappa shape index (κ2) is 151. The molecule has 0 saturated carbocycles. The molecule has 0 aromatic rings. The van der Waals surface area contributed by atoms with Crippen molar-refractivity contribution in [3.63, 3.8) is 0 Å². The van der Waals surface area contributed by atoms with Gasteiger partial charge in [0, 0.05) is 31.3 Å². The second-order valence-corrected chi connectivity index (χ2v) is 12.2. The van der Waals surface area contributed by atoms with Crippen LogP contribution in [-0.4, -0.2) is 78.7 Å². The monoisotopic (exact) mass is 1110 g/mol. The van der Waals surface area contributed by atoms with E-state index in [0.29, 0.717) is 18.6 Å². The molecule has 490 valence electrons. The largest absolute Gasteiger partial charge is 0.469 e. The van der Waals surface area contributed by atoms with Gasteiger partial charge in [-0.3, -0.25) is 24.0 Å². The summed E-state index contributed by atoms with van der Waals surface area (Å²) in [6, 6.07) is -0.857. The van der Waals surface area contributed by atoms with Gasteiger partial charge in [-0.15, -0.1) is 0 Å². The van der Waals surface area contributed by atoms with Crippen molar-refractivity contribution in [1.29, 1.82) is 0 Å². The second-order valence-electron chi connectivity index (χ2n) is 11.0. The highest BCUT2D eigenvalue weighted by molar-refractivity contribution is 7.99. The van der Waals surface area contributed by atoms with Crippen LogP contribution in [0.25, 0.3) is 0 Å². The van der Waals surface area contributed by atoms with Crippen molar-refractivity contribution < 1.29 is 43.3 Å². The number of esters is 3. The van der Waals surface area contributed by atoms with E-state index >= 15 is 0 Å². The molecule has 10 nitrogen and oxygen atoms in total. The van der Waals surface area contributed by atoms with Gasteiger partial charge < -0.3 is 24.6 Å². The van der Waals surface area contributed by atoms with E-state index in [9.17, 15) is 29.1 Å². The van der Waals surface area contributed by atoms with E-state index in [-0.39, 0.29) is 254 Å². The molecule has 0 aromatic heterocycles. The summed E-state index contributed by atoms with van der Waals surface area (Å²) in [5.41, 5.74) is 0. The Morgan fingerprint density at radius 1 is 0.493 bits per heavy atom. The number of methoxy groups -OCH3 is 1. The summed E-state index contributed by atoms with van der Waals surface area (Å²) in [6.07, 6.45) is 13.6. The lowest BCUT2D eigenvalue weighted by Gasteiger charge is -2.19. The molecular formula is C62H177NO9S. The minimum absolute atomic E-state index is 0. The van der Waals surface area contributed by atoms with Crippen LogP contribution in [-0.2, 0) is 38.2 Å². The zero-order valence-corrected chi connectivity index (χ0v) is 27.8. The summed E-state index contributed by atoms with van der Waals surface area (Å²) in [5.74, 6) is -2.61. The van der Waals surface area contributed by atoms with E-state index in [2.05, 4.69) is 23.9 Å². The fraction of sp³-hybridized carbons (Fsp3) is 0.919. The van der Waals surface area contributed by atoms with Gasteiger partial charge in [0.05, 0.1) is 32.1 Å². The zero-order chi connectivity index (χ0) is 32.3. The number of hydrogen-bond acceptors (Lipinski definition) is 10. The van der Waals surface area contributed by atoms with Crippen molar-refractivity contribution in [2.45, 2.75) is 358 Å². The van der Waals surface area contributed by atoms with Crippen LogP contribution in [0, 0.1) is 5.92 Å². The SMILES string of the molecule is C.C.C.C.C.C.C.C.C.C.C.C.C.C.C.C.C.C.C.C.C.C.C.C.C.C.C.C.C.C.CCCCCCCCCCC[C@H](CC(=O)OCCSC[C@H](NC(C)=O)C(=O)C[C@@H](CO)C(=O)OC)OC(=O)CCCCC. The number of ether oxygens (including phenoxy) is 3. The van der Waals surface area contributed by atoms with E-state index in [1.54, 1.807) is 0 Å². The summed E-state index contributed by atoms with van der Waals surface area (Å²) >= 11 is 1.31. The Morgan fingerprint density at radius 2 is 0.849 bits per heavy atom. The Balaban J connectivity index is -0.0000000203. The van der Waals surface area contributed by atoms with Crippen LogP contribution >= 0.6 is 11.8 Å². The lowest BCUT2D eigenvalue weighted by Crippen LogP contribution is -2.43. The molecule has 11 heteroatoms. The fourth-order valence-corrected chi connectivity index (χ4v) is 5.42. The number of aliphatic hydroxyl groups excluding tert-OH is 1. The van der Waals surface area contributed by atoms with Gasteiger partial charge in [-0.05, 0) is 19.3 Å². The van der Waals surface area contributed by atoms with Gasteiger partial charge in [-0.2, -0.15) is 11.8 Å². The Morgan fingerprint density at radius 3 is 1.19 bits per heavy atom. The van der Waals surface area contributed by atoms with E-state index in [0.717, 1.165) is 38.5 Å². The normalized spacial score (nSPS) is 7.68.